The molecule has 0 radical (unpaired) electrons. The van der Waals surface area contributed by atoms with Gasteiger partial charge in [-0.3, -0.25) is 0 Å². The van der Waals surface area contributed by atoms with Crippen LogP contribution in [0.5, 0.6) is 0 Å². The fourth-order valence-electron chi connectivity index (χ4n) is 1.86. The van der Waals surface area contributed by atoms with E-state index in [0.29, 0.717) is 10.6 Å². The summed E-state index contributed by atoms with van der Waals surface area (Å²) in [6, 6.07) is 12.8. The zero-order valence-electron chi connectivity index (χ0n) is 11.0. The molecule has 0 amide bonds. The molecule has 0 bridgehead atoms. The SMILES string of the molecule is Cc1ccc(S(=O)(=O)N[C@H](CCl)Cc2ccccc2)s1. The molecule has 6 heteroatoms. The summed E-state index contributed by atoms with van der Waals surface area (Å²) < 4.78 is 27.5. The van der Waals surface area contributed by atoms with Crippen molar-refractivity contribution < 1.29 is 8.42 Å². The number of hydrogen-bond donors (Lipinski definition) is 1. The van der Waals surface area contributed by atoms with Crippen LogP contribution < -0.4 is 4.72 Å². The fraction of sp³-hybridized carbons (Fsp3) is 0.286. The number of rotatable bonds is 6. The van der Waals surface area contributed by atoms with Gasteiger partial charge in [-0.05, 0) is 31.0 Å². The van der Waals surface area contributed by atoms with Crippen LogP contribution in [0.2, 0.25) is 0 Å². The number of nitrogens with one attached hydrogen (secondary N) is 1. The van der Waals surface area contributed by atoms with Crippen molar-refractivity contribution in [1.82, 2.24) is 4.72 Å². The average molecular weight is 330 g/mol. The lowest BCUT2D eigenvalue weighted by atomic mass is 10.1. The Morgan fingerprint density at radius 2 is 1.90 bits per heavy atom. The summed E-state index contributed by atoms with van der Waals surface area (Å²) in [6.07, 6.45) is 0.577. The zero-order chi connectivity index (χ0) is 14.6. The molecule has 0 aliphatic heterocycles. The molecular weight excluding hydrogens is 314 g/mol. The van der Waals surface area contributed by atoms with E-state index in [9.17, 15) is 8.42 Å². The van der Waals surface area contributed by atoms with Gasteiger partial charge in [-0.25, -0.2) is 13.1 Å². The minimum Gasteiger partial charge on any atom is -0.206 e. The lowest BCUT2D eigenvalue weighted by molar-refractivity contribution is 0.563. The largest absolute Gasteiger partial charge is 0.250 e. The van der Waals surface area contributed by atoms with Gasteiger partial charge in [-0.2, -0.15) is 0 Å². The third-order valence-electron chi connectivity index (χ3n) is 2.81. The maximum Gasteiger partial charge on any atom is 0.250 e. The van der Waals surface area contributed by atoms with Crippen LogP contribution in [0.4, 0.5) is 0 Å². The van der Waals surface area contributed by atoms with E-state index in [0.717, 1.165) is 10.4 Å². The highest BCUT2D eigenvalue weighted by atomic mass is 35.5. The first-order chi connectivity index (χ1) is 9.51. The predicted octanol–water partition coefficient (Wildman–Crippen LogP) is 3.18. The van der Waals surface area contributed by atoms with Gasteiger partial charge in [0.25, 0.3) is 0 Å². The van der Waals surface area contributed by atoms with Crippen LogP contribution in [0, 0.1) is 6.92 Å². The Labute approximate surface area is 128 Å². The molecule has 2 rings (SSSR count). The predicted molar refractivity (Wildman–Crippen MR) is 84.0 cm³/mol. The van der Waals surface area contributed by atoms with Crippen molar-refractivity contribution >= 4 is 33.0 Å². The summed E-state index contributed by atoms with van der Waals surface area (Å²) in [6.45, 7) is 1.88. The average Bonchev–Trinajstić information content (AvgIpc) is 2.86. The second kappa shape index (κ2) is 6.72. The standard InChI is InChI=1S/C14H16ClNO2S2/c1-11-7-8-14(19-11)20(17,18)16-13(10-15)9-12-5-3-2-4-6-12/h2-8,13,16H,9-10H2,1H3/t13-/m0/s1. The quantitative estimate of drug-likeness (QED) is 0.827. The Hall–Kier alpha value is -0.880. The van der Waals surface area contributed by atoms with Crippen molar-refractivity contribution in [3.63, 3.8) is 0 Å². The van der Waals surface area contributed by atoms with Crippen LogP contribution in [0.1, 0.15) is 10.4 Å². The molecule has 1 N–H and O–H groups in total. The first-order valence-corrected chi connectivity index (χ1v) is 9.03. The maximum atomic E-state index is 12.2. The molecule has 2 aromatic rings. The Morgan fingerprint density at radius 1 is 1.20 bits per heavy atom. The van der Waals surface area contributed by atoms with Crippen molar-refractivity contribution in [2.24, 2.45) is 0 Å². The molecule has 1 aromatic heterocycles. The van der Waals surface area contributed by atoms with Crippen molar-refractivity contribution in [3.05, 3.63) is 52.9 Å². The van der Waals surface area contributed by atoms with Gasteiger partial charge in [0.15, 0.2) is 0 Å². The molecule has 1 heterocycles. The van der Waals surface area contributed by atoms with Gasteiger partial charge in [-0.1, -0.05) is 30.3 Å². The third kappa shape index (κ3) is 4.06. The summed E-state index contributed by atoms with van der Waals surface area (Å²) in [4.78, 5) is 0.968. The number of alkyl halides is 1. The highest BCUT2D eigenvalue weighted by molar-refractivity contribution is 7.91. The van der Waals surface area contributed by atoms with Crippen molar-refractivity contribution in [2.45, 2.75) is 23.6 Å². The number of halogens is 1. The van der Waals surface area contributed by atoms with Crippen molar-refractivity contribution in [1.29, 1.82) is 0 Å². The summed E-state index contributed by atoms with van der Waals surface area (Å²) in [5.41, 5.74) is 1.06. The Bertz CT molecular complexity index is 653. The van der Waals surface area contributed by atoms with Crippen LogP contribution in [0.3, 0.4) is 0 Å². The minimum absolute atomic E-state index is 0.235. The van der Waals surface area contributed by atoms with E-state index in [4.69, 9.17) is 11.6 Å². The number of hydrogen-bond acceptors (Lipinski definition) is 3. The molecule has 0 aliphatic carbocycles. The molecule has 0 aliphatic rings. The summed E-state index contributed by atoms with van der Waals surface area (Å²) in [5.74, 6) is 0.235. The Balaban J connectivity index is 2.10. The molecule has 20 heavy (non-hydrogen) atoms. The fourth-order valence-corrected chi connectivity index (χ4v) is 4.67. The normalized spacial score (nSPS) is 13.3. The van der Waals surface area contributed by atoms with Gasteiger partial charge < -0.3 is 0 Å². The second-order valence-electron chi connectivity index (χ2n) is 4.53. The van der Waals surface area contributed by atoms with Gasteiger partial charge in [0.05, 0.1) is 0 Å². The molecule has 1 atom stereocenters. The molecular formula is C14H16ClNO2S2. The van der Waals surface area contributed by atoms with Crippen molar-refractivity contribution in [2.75, 3.05) is 5.88 Å². The molecule has 0 saturated heterocycles. The minimum atomic E-state index is -3.49. The van der Waals surface area contributed by atoms with Crippen LogP contribution in [0.25, 0.3) is 0 Å². The van der Waals surface area contributed by atoms with Crippen molar-refractivity contribution in [3.8, 4) is 0 Å². The smallest absolute Gasteiger partial charge is 0.206 e. The number of benzene rings is 1. The van der Waals surface area contributed by atoms with Gasteiger partial charge in [0.1, 0.15) is 4.21 Å². The highest BCUT2D eigenvalue weighted by Crippen LogP contribution is 2.21. The van der Waals surface area contributed by atoms with Crippen LogP contribution >= 0.6 is 22.9 Å². The van der Waals surface area contributed by atoms with Gasteiger partial charge in [0.2, 0.25) is 10.0 Å². The van der Waals surface area contributed by atoms with E-state index >= 15 is 0 Å². The number of aryl methyl sites for hydroxylation is 1. The van der Waals surface area contributed by atoms with Gasteiger partial charge in [-0.15, -0.1) is 22.9 Å². The number of sulfonamides is 1. The lowest BCUT2D eigenvalue weighted by Gasteiger charge is -2.15. The first kappa shape index (κ1) is 15.5. The van der Waals surface area contributed by atoms with Crippen LogP contribution in [-0.4, -0.2) is 20.3 Å². The van der Waals surface area contributed by atoms with Crippen LogP contribution in [-0.2, 0) is 16.4 Å². The first-order valence-electron chi connectivity index (χ1n) is 6.20. The second-order valence-corrected chi connectivity index (χ2v) is 8.06. The molecule has 108 valence electrons. The Morgan fingerprint density at radius 3 is 2.45 bits per heavy atom. The molecule has 0 unspecified atom stereocenters. The van der Waals surface area contributed by atoms with Gasteiger partial charge >= 0.3 is 0 Å². The molecule has 0 fully saturated rings. The van der Waals surface area contributed by atoms with E-state index in [1.165, 1.54) is 11.3 Å². The van der Waals surface area contributed by atoms with Gasteiger partial charge in [0, 0.05) is 16.8 Å². The lowest BCUT2D eigenvalue weighted by Crippen LogP contribution is -2.37. The van der Waals surface area contributed by atoms with E-state index in [2.05, 4.69) is 4.72 Å². The Kier molecular flexibility index (Phi) is 5.21. The summed E-state index contributed by atoms with van der Waals surface area (Å²) in [5, 5.41) is 0. The van der Waals surface area contributed by atoms with E-state index in [-0.39, 0.29) is 11.9 Å². The third-order valence-corrected chi connectivity index (χ3v) is 6.20. The highest BCUT2D eigenvalue weighted by Gasteiger charge is 2.21. The monoisotopic (exact) mass is 329 g/mol. The summed E-state index contributed by atoms with van der Waals surface area (Å²) >= 11 is 7.15. The molecule has 3 nitrogen and oxygen atoms in total. The molecule has 1 aromatic carbocycles. The van der Waals surface area contributed by atoms with E-state index < -0.39 is 10.0 Å². The molecule has 0 spiro atoms. The van der Waals surface area contributed by atoms with E-state index in [1.807, 2.05) is 37.3 Å². The maximum absolute atomic E-state index is 12.2. The van der Waals surface area contributed by atoms with Crippen LogP contribution in [0.15, 0.2) is 46.7 Å². The zero-order valence-corrected chi connectivity index (χ0v) is 13.4. The van der Waals surface area contributed by atoms with E-state index in [1.54, 1.807) is 12.1 Å². The number of thiophene rings is 1. The molecule has 0 saturated carbocycles. The summed E-state index contributed by atoms with van der Waals surface area (Å²) in [7, 11) is -3.49. The topological polar surface area (TPSA) is 46.2 Å².